The van der Waals surface area contributed by atoms with Crippen LogP contribution in [0.3, 0.4) is 0 Å². The number of rotatable bonds is 2. The third kappa shape index (κ3) is 1.15. The van der Waals surface area contributed by atoms with Crippen molar-refractivity contribution in [1.29, 1.82) is 0 Å². The third-order valence-corrected chi connectivity index (χ3v) is 1.05. The summed E-state index contributed by atoms with van der Waals surface area (Å²) in [6, 6.07) is 0. The molecular weight excluding hydrogens is 99.5 g/mol. The van der Waals surface area contributed by atoms with Gasteiger partial charge in [0.25, 0.3) is 0 Å². The summed E-state index contributed by atoms with van der Waals surface area (Å²) in [6.45, 7) is 0.937. The minimum absolute atomic E-state index is 0.516. The zero-order valence-electron chi connectivity index (χ0n) is 3.48. The molecular formula is C4H7ClO. The minimum atomic E-state index is 0.516. The zero-order valence-corrected chi connectivity index (χ0v) is 4.24. The Kier molecular flexibility index (Phi) is 1.33. The largest absolute Gasteiger partial charge is 0.373 e. The van der Waals surface area contributed by atoms with Crippen LogP contribution in [0.4, 0.5) is 0 Å². The average molecular weight is 107 g/mol. The highest BCUT2D eigenvalue weighted by Gasteiger charge is 2.20. The Morgan fingerprint density at radius 3 is 2.67 bits per heavy atom. The summed E-state index contributed by atoms with van der Waals surface area (Å²) in [6.07, 6.45) is 1.55. The molecule has 0 spiro atoms. The predicted octanol–water partition coefficient (Wildman–Crippen LogP) is 1.01. The lowest BCUT2D eigenvalue weighted by molar-refractivity contribution is 0.404. The summed E-state index contributed by atoms with van der Waals surface area (Å²) in [4.78, 5) is 0. The van der Waals surface area contributed by atoms with Crippen molar-refractivity contribution in [3.05, 3.63) is 0 Å². The molecule has 0 aromatic rings. The van der Waals surface area contributed by atoms with Gasteiger partial charge in [0.2, 0.25) is 0 Å². The van der Waals surface area contributed by atoms with Crippen molar-refractivity contribution in [3.63, 3.8) is 0 Å². The smallest absolute Gasteiger partial charge is 0.0821 e. The molecule has 0 saturated carbocycles. The SMILES string of the molecule is ClCC[C@@H]1CO1. The number of hydrogen-bond acceptors (Lipinski definition) is 1. The van der Waals surface area contributed by atoms with Crippen molar-refractivity contribution >= 4 is 11.6 Å². The molecule has 0 amide bonds. The van der Waals surface area contributed by atoms with Gasteiger partial charge in [-0.05, 0) is 6.42 Å². The molecule has 1 heterocycles. The molecule has 1 rings (SSSR count). The Morgan fingerprint density at radius 1 is 1.83 bits per heavy atom. The van der Waals surface area contributed by atoms with Gasteiger partial charge in [-0.25, -0.2) is 0 Å². The second kappa shape index (κ2) is 1.80. The minimum Gasteiger partial charge on any atom is -0.373 e. The van der Waals surface area contributed by atoms with Gasteiger partial charge < -0.3 is 4.74 Å². The molecule has 0 N–H and O–H groups in total. The fraction of sp³-hybridized carbons (Fsp3) is 1.00. The van der Waals surface area contributed by atoms with Gasteiger partial charge in [0.05, 0.1) is 12.7 Å². The van der Waals surface area contributed by atoms with Gasteiger partial charge in [-0.2, -0.15) is 0 Å². The highest BCUT2D eigenvalue weighted by molar-refractivity contribution is 6.17. The molecule has 1 fully saturated rings. The van der Waals surface area contributed by atoms with Gasteiger partial charge in [-0.3, -0.25) is 0 Å². The first-order chi connectivity index (χ1) is 2.93. The number of epoxide rings is 1. The zero-order chi connectivity index (χ0) is 4.41. The summed E-state index contributed by atoms with van der Waals surface area (Å²) in [5.74, 6) is 0.741. The summed E-state index contributed by atoms with van der Waals surface area (Å²) < 4.78 is 4.86. The molecule has 0 aromatic carbocycles. The Bertz CT molecular complexity index is 42.8. The van der Waals surface area contributed by atoms with Gasteiger partial charge in [-0.1, -0.05) is 0 Å². The van der Waals surface area contributed by atoms with Crippen molar-refractivity contribution in [3.8, 4) is 0 Å². The Morgan fingerprint density at radius 2 is 2.50 bits per heavy atom. The maximum absolute atomic E-state index is 5.36. The molecule has 1 atom stereocenters. The monoisotopic (exact) mass is 106 g/mol. The van der Waals surface area contributed by atoms with Crippen LogP contribution in [0, 0.1) is 0 Å². The van der Waals surface area contributed by atoms with Gasteiger partial charge in [0.1, 0.15) is 0 Å². The van der Waals surface area contributed by atoms with Gasteiger partial charge >= 0.3 is 0 Å². The molecule has 36 valence electrons. The molecule has 0 radical (unpaired) electrons. The summed E-state index contributed by atoms with van der Waals surface area (Å²) >= 11 is 5.36. The van der Waals surface area contributed by atoms with Crippen molar-refractivity contribution in [1.82, 2.24) is 0 Å². The predicted molar refractivity (Wildman–Crippen MR) is 25.1 cm³/mol. The van der Waals surface area contributed by atoms with Crippen LogP contribution in [0.5, 0.6) is 0 Å². The van der Waals surface area contributed by atoms with E-state index in [9.17, 15) is 0 Å². The van der Waals surface area contributed by atoms with Crippen LogP contribution in [-0.2, 0) is 4.74 Å². The standard InChI is InChI=1S/C4H7ClO/c5-2-1-4-3-6-4/h4H,1-3H2/t4-/m1/s1. The van der Waals surface area contributed by atoms with Crippen molar-refractivity contribution in [2.45, 2.75) is 12.5 Å². The third-order valence-electron chi connectivity index (χ3n) is 0.833. The number of ether oxygens (including phenoxy) is 1. The van der Waals surface area contributed by atoms with E-state index in [1.165, 1.54) is 0 Å². The summed E-state index contributed by atoms with van der Waals surface area (Å²) in [5, 5.41) is 0. The first-order valence-electron chi connectivity index (χ1n) is 2.11. The molecule has 1 aliphatic heterocycles. The van der Waals surface area contributed by atoms with Crippen LogP contribution in [0.2, 0.25) is 0 Å². The first kappa shape index (κ1) is 4.41. The fourth-order valence-corrected chi connectivity index (χ4v) is 0.600. The Labute approximate surface area is 42.2 Å². The maximum atomic E-state index is 5.36. The van der Waals surface area contributed by atoms with Crippen LogP contribution < -0.4 is 0 Å². The van der Waals surface area contributed by atoms with E-state index in [4.69, 9.17) is 16.3 Å². The molecule has 2 heteroatoms. The fourth-order valence-electron chi connectivity index (χ4n) is 0.356. The second-order valence-electron chi connectivity index (χ2n) is 1.43. The molecule has 1 nitrogen and oxygen atoms in total. The highest BCUT2D eigenvalue weighted by Crippen LogP contribution is 2.12. The van der Waals surface area contributed by atoms with Crippen molar-refractivity contribution < 1.29 is 4.74 Å². The van der Waals surface area contributed by atoms with Crippen molar-refractivity contribution in [2.24, 2.45) is 0 Å². The van der Waals surface area contributed by atoms with E-state index in [1.807, 2.05) is 0 Å². The lowest BCUT2D eigenvalue weighted by atomic mass is 10.4. The molecule has 6 heavy (non-hydrogen) atoms. The maximum Gasteiger partial charge on any atom is 0.0821 e. The topological polar surface area (TPSA) is 12.5 Å². The summed E-state index contributed by atoms with van der Waals surface area (Å²) in [5.41, 5.74) is 0. The van der Waals surface area contributed by atoms with E-state index in [2.05, 4.69) is 0 Å². The van der Waals surface area contributed by atoms with Gasteiger partial charge in [-0.15, -0.1) is 11.6 Å². The van der Waals surface area contributed by atoms with E-state index < -0.39 is 0 Å². The van der Waals surface area contributed by atoms with Crippen LogP contribution in [-0.4, -0.2) is 18.6 Å². The molecule has 0 unspecified atom stereocenters. The number of hydrogen-bond donors (Lipinski definition) is 0. The van der Waals surface area contributed by atoms with Gasteiger partial charge in [0.15, 0.2) is 0 Å². The Hall–Kier alpha value is 0.250. The summed E-state index contributed by atoms with van der Waals surface area (Å²) in [7, 11) is 0. The van der Waals surface area contributed by atoms with Crippen LogP contribution in [0.25, 0.3) is 0 Å². The average Bonchev–Trinajstić information content (AvgIpc) is 2.21. The normalized spacial score (nSPS) is 30.5. The van der Waals surface area contributed by atoms with Crippen LogP contribution >= 0.6 is 11.6 Å². The van der Waals surface area contributed by atoms with E-state index >= 15 is 0 Å². The molecule has 0 aliphatic carbocycles. The van der Waals surface area contributed by atoms with E-state index in [0.717, 1.165) is 18.9 Å². The quantitative estimate of drug-likeness (QED) is 0.378. The molecule has 0 bridgehead atoms. The van der Waals surface area contributed by atoms with E-state index in [0.29, 0.717) is 6.10 Å². The second-order valence-corrected chi connectivity index (χ2v) is 1.81. The molecule has 1 saturated heterocycles. The first-order valence-corrected chi connectivity index (χ1v) is 2.64. The van der Waals surface area contributed by atoms with E-state index in [-0.39, 0.29) is 0 Å². The number of alkyl halides is 1. The van der Waals surface area contributed by atoms with Crippen molar-refractivity contribution in [2.75, 3.05) is 12.5 Å². The highest BCUT2D eigenvalue weighted by atomic mass is 35.5. The number of halogens is 1. The van der Waals surface area contributed by atoms with Crippen LogP contribution in [0.1, 0.15) is 6.42 Å². The lowest BCUT2D eigenvalue weighted by Crippen LogP contribution is -1.82. The van der Waals surface area contributed by atoms with Crippen LogP contribution in [0.15, 0.2) is 0 Å². The lowest BCUT2D eigenvalue weighted by Gasteiger charge is -1.78. The van der Waals surface area contributed by atoms with Gasteiger partial charge in [0, 0.05) is 5.88 Å². The molecule has 1 aliphatic rings. The Balaban J connectivity index is 1.88. The molecule has 0 aromatic heterocycles. The van der Waals surface area contributed by atoms with E-state index in [1.54, 1.807) is 0 Å².